The molecule has 3 rings (SSSR count). The highest BCUT2D eigenvalue weighted by Crippen LogP contribution is 2.17. The predicted octanol–water partition coefficient (Wildman–Crippen LogP) is 1.63. The standard InChI is InChI=1S/C20H26FN5O2S/c1-22-20(24-15-16-3-9-19(10-4-16)29(27,28)23-2)26-13-11-25(12-14-26)18-7-5-17(21)6-8-18/h3-10,23H,11-15H2,1-2H3,(H,22,24). The molecule has 156 valence electrons. The van der Waals surface area contributed by atoms with E-state index in [1.165, 1.54) is 19.2 Å². The van der Waals surface area contributed by atoms with Crippen LogP contribution in [0.1, 0.15) is 5.56 Å². The molecular weight excluding hydrogens is 393 g/mol. The summed E-state index contributed by atoms with van der Waals surface area (Å²) in [6.45, 7) is 3.79. The fourth-order valence-electron chi connectivity index (χ4n) is 3.25. The third-order valence-electron chi connectivity index (χ3n) is 4.94. The summed E-state index contributed by atoms with van der Waals surface area (Å²) < 4.78 is 39.0. The van der Waals surface area contributed by atoms with Crippen LogP contribution in [0.5, 0.6) is 0 Å². The van der Waals surface area contributed by atoms with Crippen molar-refractivity contribution in [1.82, 2.24) is 14.9 Å². The van der Waals surface area contributed by atoms with Gasteiger partial charge in [-0.05, 0) is 49.0 Å². The van der Waals surface area contributed by atoms with E-state index in [2.05, 4.69) is 24.8 Å². The Morgan fingerprint density at radius 3 is 2.21 bits per heavy atom. The van der Waals surface area contributed by atoms with E-state index in [0.717, 1.165) is 43.4 Å². The van der Waals surface area contributed by atoms with E-state index in [9.17, 15) is 12.8 Å². The molecule has 0 saturated carbocycles. The molecule has 0 spiro atoms. The maximum Gasteiger partial charge on any atom is 0.240 e. The fraction of sp³-hybridized carbons (Fsp3) is 0.350. The molecule has 2 aromatic carbocycles. The molecule has 7 nitrogen and oxygen atoms in total. The number of hydrogen-bond donors (Lipinski definition) is 2. The molecule has 2 N–H and O–H groups in total. The smallest absolute Gasteiger partial charge is 0.240 e. The molecule has 0 bridgehead atoms. The molecule has 2 aromatic rings. The minimum atomic E-state index is -3.43. The van der Waals surface area contributed by atoms with Gasteiger partial charge in [0.15, 0.2) is 5.96 Å². The molecule has 1 heterocycles. The lowest BCUT2D eigenvalue weighted by Crippen LogP contribution is -2.52. The Balaban J connectivity index is 1.54. The van der Waals surface area contributed by atoms with Gasteiger partial charge < -0.3 is 15.1 Å². The fourth-order valence-corrected chi connectivity index (χ4v) is 3.98. The maximum atomic E-state index is 13.1. The zero-order chi connectivity index (χ0) is 20.9. The van der Waals surface area contributed by atoms with Crippen LogP contribution in [0, 0.1) is 5.82 Å². The number of nitrogens with zero attached hydrogens (tertiary/aromatic N) is 3. The largest absolute Gasteiger partial charge is 0.368 e. The number of guanidine groups is 1. The molecule has 0 aromatic heterocycles. The van der Waals surface area contributed by atoms with Crippen LogP contribution in [-0.2, 0) is 16.6 Å². The van der Waals surface area contributed by atoms with Gasteiger partial charge in [0.2, 0.25) is 10.0 Å². The Morgan fingerprint density at radius 2 is 1.66 bits per heavy atom. The van der Waals surface area contributed by atoms with Crippen LogP contribution in [-0.4, -0.2) is 59.6 Å². The first kappa shape index (κ1) is 21.1. The minimum Gasteiger partial charge on any atom is -0.368 e. The first-order valence-electron chi connectivity index (χ1n) is 9.41. The van der Waals surface area contributed by atoms with Crippen LogP contribution in [0.4, 0.5) is 10.1 Å². The molecule has 1 aliphatic rings. The number of aliphatic imine (C=N–C) groups is 1. The normalized spacial score (nSPS) is 15.5. The molecular formula is C20H26FN5O2S. The molecule has 1 aliphatic heterocycles. The first-order valence-corrected chi connectivity index (χ1v) is 10.9. The van der Waals surface area contributed by atoms with Crippen LogP contribution in [0.15, 0.2) is 58.4 Å². The number of rotatable bonds is 5. The van der Waals surface area contributed by atoms with Gasteiger partial charge in [0.1, 0.15) is 5.82 Å². The summed E-state index contributed by atoms with van der Waals surface area (Å²) in [6.07, 6.45) is 0. The average Bonchev–Trinajstić information content (AvgIpc) is 2.75. The summed E-state index contributed by atoms with van der Waals surface area (Å²) in [5.41, 5.74) is 1.98. The SMILES string of the molecule is CN=C(NCc1ccc(S(=O)(=O)NC)cc1)N1CCN(c2ccc(F)cc2)CC1. The lowest BCUT2D eigenvalue weighted by atomic mass is 10.2. The Morgan fingerprint density at radius 1 is 1.03 bits per heavy atom. The van der Waals surface area contributed by atoms with Gasteiger partial charge in [-0.1, -0.05) is 12.1 Å². The van der Waals surface area contributed by atoms with Crippen LogP contribution in [0.3, 0.4) is 0 Å². The molecule has 9 heteroatoms. The van der Waals surface area contributed by atoms with Gasteiger partial charge in [-0.2, -0.15) is 0 Å². The van der Waals surface area contributed by atoms with E-state index < -0.39 is 10.0 Å². The van der Waals surface area contributed by atoms with Crippen molar-refractivity contribution in [3.63, 3.8) is 0 Å². The van der Waals surface area contributed by atoms with Crippen molar-refractivity contribution >= 4 is 21.7 Å². The summed E-state index contributed by atoms with van der Waals surface area (Å²) in [6, 6.07) is 13.3. The molecule has 0 unspecified atom stereocenters. The Bertz CT molecular complexity index is 938. The molecule has 1 saturated heterocycles. The van der Waals surface area contributed by atoms with Crippen LogP contribution < -0.4 is 14.9 Å². The quantitative estimate of drug-likeness (QED) is 0.569. The van der Waals surface area contributed by atoms with Crippen LogP contribution in [0.2, 0.25) is 0 Å². The predicted molar refractivity (Wildman–Crippen MR) is 113 cm³/mol. The number of anilines is 1. The number of nitrogens with one attached hydrogen (secondary N) is 2. The molecule has 1 fully saturated rings. The maximum absolute atomic E-state index is 13.1. The monoisotopic (exact) mass is 419 g/mol. The Hall–Kier alpha value is -2.65. The lowest BCUT2D eigenvalue weighted by Gasteiger charge is -2.37. The highest BCUT2D eigenvalue weighted by molar-refractivity contribution is 7.89. The highest BCUT2D eigenvalue weighted by Gasteiger charge is 2.20. The van der Waals surface area contributed by atoms with Crippen molar-refractivity contribution in [2.45, 2.75) is 11.4 Å². The minimum absolute atomic E-state index is 0.228. The molecule has 29 heavy (non-hydrogen) atoms. The third-order valence-corrected chi connectivity index (χ3v) is 6.37. The van der Waals surface area contributed by atoms with Crippen LogP contribution in [0.25, 0.3) is 0 Å². The second kappa shape index (κ2) is 9.23. The highest BCUT2D eigenvalue weighted by atomic mass is 32.2. The second-order valence-corrected chi connectivity index (χ2v) is 8.59. The van der Waals surface area contributed by atoms with Gasteiger partial charge in [-0.3, -0.25) is 4.99 Å². The van der Waals surface area contributed by atoms with Gasteiger partial charge in [0.25, 0.3) is 0 Å². The summed E-state index contributed by atoms with van der Waals surface area (Å²) in [5, 5.41) is 3.33. The van der Waals surface area contributed by atoms with Crippen molar-refractivity contribution < 1.29 is 12.8 Å². The number of benzene rings is 2. The number of piperazine rings is 1. The second-order valence-electron chi connectivity index (χ2n) is 6.70. The number of sulfonamides is 1. The van der Waals surface area contributed by atoms with Crippen molar-refractivity contribution in [3.8, 4) is 0 Å². The third kappa shape index (κ3) is 5.24. The van der Waals surface area contributed by atoms with E-state index >= 15 is 0 Å². The Kier molecular flexibility index (Phi) is 6.71. The summed E-state index contributed by atoms with van der Waals surface area (Å²) in [4.78, 5) is 9.01. The van der Waals surface area contributed by atoms with Crippen molar-refractivity contribution in [1.29, 1.82) is 0 Å². The van der Waals surface area contributed by atoms with E-state index in [4.69, 9.17) is 0 Å². The molecule has 0 radical (unpaired) electrons. The van der Waals surface area contributed by atoms with Gasteiger partial charge in [0, 0.05) is 45.5 Å². The first-order chi connectivity index (χ1) is 13.9. The van der Waals surface area contributed by atoms with Gasteiger partial charge in [-0.15, -0.1) is 0 Å². The topological polar surface area (TPSA) is 77.0 Å². The van der Waals surface area contributed by atoms with Gasteiger partial charge in [0.05, 0.1) is 4.90 Å². The zero-order valence-electron chi connectivity index (χ0n) is 16.6. The Labute approximate surface area is 171 Å². The van der Waals surface area contributed by atoms with Crippen molar-refractivity contribution in [2.75, 3.05) is 45.2 Å². The van der Waals surface area contributed by atoms with Gasteiger partial charge >= 0.3 is 0 Å². The van der Waals surface area contributed by atoms with E-state index in [-0.39, 0.29) is 10.7 Å². The van der Waals surface area contributed by atoms with E-state index in [1.807, 2.05) is 0 Å². The number of halogens is 1. The average molecular weight is 420 g/mol. The number of hydrogen-bond acceptors (Lipinski definition) is 4. The summed E-state index contributed by atoms with van der Waals surface area (Å²) >= 11 is 0. The molecule has 0 aliphatic carbocycles. The van der Waals surface area contributed by atoms with Gasteiger partial charge in [-0.25, -0.2) is 17.5 Å². The molecule has 0 amide bonds. The van der Waals surface area contributed by atoms with E-state index in [0.29, 0.717) is 6.54 Å². The zero-order valence-corrected chi connectivity index (χ0v) is 17.4. The van der Waals surface area contributed by atoms with Crippen molar-refractivity contribution in [2.24, 2.45) is 4.99 Å². The summed E-state index contributed by atoms with van der Waals surface area (Å²) in [7, 11) is -0.286. The lowest BCUT2D eigenvalue weighted by molar-refractivity contribution is 0.372. The summed E-state index contributed by atoms with van der Waals surface area (Å²) in [5.74, 6) is 0.573. The van der Waals surface area contributed by atoms with E-state index in [1.54, 1.807) is 43.4 Å². The van der Waals surface area contributed by atoms with Crippen LogP contribution >= 0.6 is 0 Å². The van der Waals surface area contributed by atoms with Crippen molar-refractivity contribution in [3.05, 3.63) is 59.9 Å². The molecule has 0 atom stereocenters.